The lowest BCUT2D eigenvalue weighted by molar-refractivity contribution is -0.133. The van der Waals surface area contributed by atoms with Crippen LogP contribution in [0.1, 0.15) is 37.4 Å². The van der Waals surface area contributed by atoms with Crippen molar-refractivity contribution in [1.29, 1.82) is 0 Å². The number of carbonyl (C=O) groups is 1. The summed E-state index contributed by atoms with van der Waals surface area (Å²) in [5.41, 5.74) is 1.59. The highest BCUT2D eigenvalue weighted by molar-refractivity contribution is 5.81. The van der Waals surface area contributed by atoms with Crippen molar-refractivity contribution in [3.63, 3.8) is 0 Å². The van der Waals surface area contributed by atoms with Gasteiger partial charge in [0, 0.05) is 6.61 Å². The second-order valence-corrected chi connectivity index (χ2v) is 5.12. The Bertz CT molecular complexity index is 492. The molecule has 0 bridgehead atoms. The molecule has 0 aromatic heterocycles. The number of halogens is 1. The Labute approximate surface area is 124 Å². The Morgan fingerprint density at radius 3 is 3.05 bits per heavy atom. The summed E-state index contributed by atoms with van der Waals surface area (Å²) in [6.07, 6.45) is 0.850. The first kappa shape index (κ1) is 15.9. The van der Waals surface area contributed by atoms with Crippen LogP contribution in [-0.4, -0.2) is 31.8 Å². The van der Waals surface area contributed by atoms with Gasteiger partial charge in [0.2, 0.25) is 5.91 Å². The first-order chi connectivity index (χ1) is 10.1. The van der Waals surface area contributed by atoms with Crippen LogP contribution in [-0.2, 0) is 20.7 Å². The molecular formula is C16H22FNO3. The summed E-state index contributed by atoms with van der Waals surface area (Å²) in [6, 6.07) is 4.89. The van der Waals surface area contributed by atoms with Gasteiger partial charge in [0.15, 0.2) is 0 Å². The molecule has 1 N–H and O–H groups in total. The second-order valence-electron chi connectivity index (χ2n) is 5.12. The van der Waals surface area contributed by atoms with E-state index in [2.05, 4.69) is 5.32 Å². The van der Waals surface area contributed by atoms with E-state index in [-0.39, 0.29) is 17.8 Å². The van der Waals surface area contributed by atoms with E-state index in [1.165, 1.54) is 6.07 Å². The number of hydrogen-bond donors (Lipinski definition) is 1. The van der Waals surface area contributed by atoms with E-state index in [4.69, 9.17) is 9.47 Å². The van der Waals surface area contributed by atoms with Crippen LogP contribution < -0.4 is 5.32 Å². The molecule has 2 atom stereocenters. The summed E-state index contributed by atoms with van der Waals surface area (Å²) in [5.74, 6) is -0.362. The fourth-order valence-corrected chi connectivity index (χ4v) is 2.55. The van der Waals surface area contributed by atoms with Crippen LogP contribution in [0.4, 0.5) is 4.39 Å². The largest absolute Gasteiger partial charge is 0.379 e. The van der Waals surface area contributed by atoms with Gasteiger partial charge in [0.25, 0.3) is 0 Å². The van der Waals surface area contributed by atoms with Gasteiger partial charge in [-0.3, -0.25) is 4.79 Å². The minimum Gasteiger partial charge on any atom is -0.379 e. The van der Waals surface area contributed by atoms with Crippen molar-refractivity contribution in [2.45, 2.75) is 38.8 Å². The normalized spacial score (nSPS) is 18.3. The van der Waals surface area contributed by atoms with Crippen LogP contribution in [0.2, 0.25) is 0 Å². The molecule has 2 rings (SSSR count). The van der Waals surface area contributed by atoms with Gasteiger partial charge in [-0.05, 0) is 43.9 Å². The summed E-state index contributed by atoms with van der Waals surface area (Å²) >= 11 is 0. The third kappa shape index (κ3) is 4.02. The lowest BCUT2D eigenvalue weighted by atomic mass is 10.1. The van der Waals surface area contributed by atoms with Gasteiger partial charge in [-0.2, -0.15) is 0 Å². The summed E-state index contributed by atoms with van der Waals surface area (Å²) in [5, 5.41) is 2.93. The molecule has 0 saturated heterocycles. The predicted octanol–water partition coefficient (Wildman–Crippen LogP) is 2.37. The van der Waals surface area contributed by atoms with E-state index in [9.17, 15) is 9.18 Å². The maximum absolute atomic E-state index is 13.6. The molecule has 0 aliphatic heterocycles. The van der Waals surface area contributed by atoms with E-state index < -0.39 is 6.10 Å². The molecule has 1 aliphatic carbocycles. The van der Waals surface area contributed by atoms with Crippen molar-refractivity contribution < 1.29 is 18.7 Å². The zero-order valence-corrected chi connectivity index (χ0v) is 12.5. The average molecular weight is 295 g/mol. The van der Waals surface area contributed by atoms with Crippen molar-refractivity contribution in [1.82, 2.24) is 5.32 Å². The molecule has 0 heterocycles. The molecule has 5 heteroatoms. The number of carbonyl (C=O) groups excluding carboxylic acids is 1. The fourth-order valence-electron chi connectivity index (χ4n) is 2.55. The lowest BCUT2D eigenvalue weighted by Crippen LogP contribution is -2.37. The molecule has 0 saturated carbocycles. The van der Waals surface area contributed by atoms with E-state index in [1.807, 2.05) is 13.0 Å². The van der Waals surface area contributed by atoms with Crippen LogP contribution in [0.3, 0.4) is 0 Å². The highest BCUT2D eigenvalue weighted by Crippen LogP contribution is 2.32. The highest BCUT2D eigenvalue weighted by Gasteiger charge is 2.27. The quantitative estimate of drug-likeness (QED) is 0.786. The molecule has 116 valence electrons. The summed E-state index contributed by atoms with van der Waals surface area (Å²) in [6.45, 7) is 5.12. The van der Waals surface area contributed by atoms with Crippen LogP contribution in [0.15, 0.2) is 18.2 Å². The van der Waals surface area contributed by atoms with Gasteiger partial charge < -0.3 is 14.8 Å². The van der Waals surface area contributed by atoms with Gasteiger partial charge >= 0.3 is 0 Å². The molecule has 4 nitrogen and oxygen atoms in total. The molecule has 0 fully saturated rings. The maximum Gasteiger partial charge on any atom is 0.249 e. The van der Waals surface area contributed by atoms with E-state index in [1.54, 1.807) is 13.0 Å². The molecule has 1 aliphatic rings. The SMILES string of the molecule is CCOCCOC(C)C(=O)NC1CCc2c(F)cccc21. The van der Waals surface area contributed by atoms with Crippen molar-refractivity contribution >= 4 is 5.91 Å². The minimum absolute atomic E-state index is 0.124. The Morgan fingerprint density at radius 2 is 2.29 bits per heavy atom. The van der Waals surface area contributed by atoms with Gasteiger partial charge in [0.1, 0.15) is 11.9 Å². The number of rotatable bonds is 7. The zero-order valence-electron chi connectivity index (χ0n) is 12.5. The number of nitrogens with one attached hydrogen (secondary N) is 1. The molecule has 1 amide bonds. The van der Waals surface area contributed by atoms with E-state index in [0.29, 0.717) is 31.8 Å². The van der Waals surface area contributed by atoms with Crippen molar-refractivity contribution in [2.75, 3.05) is 19.8 Å². The van der Waals surface area contributed by atoms with E-state index >= 15 is 0 Å². The fraction of sp³-hybridized carbons (Fsp3) is 0.562. The third-order valence-electron chi connectivity index (χ3n) is 3.70. The number of hydrogen-bond acceptors (Lipinski definition) is 3. The molecular weight excluding hydrogens is 273 g/mol. The van der Waals surface area contributed by atoms with Crippen LogP contribution in [0.5, 0.6) is 0 Å². The molecule has 2 unspecified atom stereocenters. The van der Waals surface area contributed by atoms with Crippen LogP contribution in [0.25, 0.3) is 0 Å². The molecule has 21 heavy (non-hydrogen) atoms. The average Bonchev–Trinajstić information content (AvgIpc) is 2.88. The first-order valence-electron chi connectivity index (χ1n) is 7.40. The predicted molar refractivity (Wildman–Crippen MR) is 77.5 cm³/mol. The highest BCUT2D eigenvalue weighted by atomic mass is 19.1. The van der Waals surface area contributed by atoms with Crippen molar-refractivity contribution in [3.8, 4) is 0 Å². The van der Waals surface area contributed by atoms with Crippen LogP contribution in [0, 0.1) is 5.82 Å². The number of amides is 1. The summed E-state index contributed by atoms with van der Waals surface area (Å²) in [7, 11) is 0. The first-order valence-corrected chi connectivity index (χ1v) is 7.40. The van der Waals surface area contributed by atoms with E-state index in [0.717, 1.165) is 12.0 Å². The van der Waals surface area contributed by atoms with Gasteiger partial charge in [-0.1, -0.05) is 12.1 Å². The number of fused-ring (bicyclic) bond motifs is 1. The maximum atomic E-state index is 13.6. The topological polar surface area (TPSA) is 47.6 Å². The Balaban J connectivity index is 1.86. The number of ether oxygens (including phenoxy) is 2. The number of benzene rings is 1. The van der Waals surface area contributed by atoms with Crippen molar-refractivity contribution in [2.24, 2.45) is 0 Å². The smallest absolute Gasteiger partial charge is 0.249 e. The third-order valence-corrected chi connectivity index (χ3v) is 3.70. The standard InChI is InChI=1S/C16H22FNO3/c1-3-20-9-10-21-11(2)16(19)18-15-8-7-12-13(15)5-4-6-14(12)17/h4-6,11,15H,3,7-10H2,1-2H3,(H,18,19). The lowest BCUT2D eigenvalue weighted by Gasteiger charge is -2.18. The summed E-state index contributed by atoms with van der Waals surface area (Å²) < 4.78 is 24.2. The molecule has 1 aromatic rings. The van der Waals surface area contributed by atoms with Crippen molar-refractivity contribution in [3.05, 3.63) is 35.1 Å². The van der Waals surface area contributed by atoms with Gasteiger partial charge in [-0.25, -0.2) is 4.39 Å². The monoisotopic (exact) mass is 295 g/mol. The zero-order chi connectivity index (χ0) is 15.2. The van der Waals surface area contributed by atoms with Gasteiger partial charge in [0.05, 0.1) is 19.3 Å². The Kier molecular flexibility index (Phi) is 5.70. The Hall–Kier alpha value is -1.46. The van der Waals surface area contributed by atoms with Crippen LogP contribution >= 0.6 is 0 Å². The second kappa shape index (κ2) is 7.52. The molecule has 1 aromatic carbocycles. The molecule has 0 radical (unpaired) electrons. The Morgan fingerprint density at radius 1 is 1.48 bits per heavy atom. The summed E-state index contributed by atoms with van der Waals surface area (Å²) in [4.78, 5) is 12.1. The minimum atomic E-state index is -0.539. The van der Waals surface area contributed by atoms with Gasteiger partial charge in [-0.15, -0.1) is 0 Å². The molecule has 0 spiro atoms.